The summed E-state index contributed by atoms with van der Waals surface area (Å²) in [6.45, 7) is 4.23. The van der Waals surface area contributed by atoms with Crippen LogP contribution in [0, 0.1) is 5.92 Å². The summed E-state index contributed by atoms with van der Waals surface area (Å²) in [4.78, 5) is 25.4. The molecule has 0 saturated carbocycles. The minimum Gasteiger partial charge on any atom is -0.352 e. The van der Waals surface area contributed by atoms with Crippen molar-refractivity contribution in [3.63, 3.8) is 0 Å². The van der Waals surface area contributed by atoms with Crippen LogP contribution >= 0.6 is 23.2 Å². The zero-order valence-corrected chi connectivity index (χ0v) is 12.2. The smallest absolute Gasteiger partial charge is 0.227 e. The van der Waals surface area contributed by atoms with Crippen LogP contribution in [0.3, 0.4) is 0 Å². The highest BCUT2D eigenvalue weighted by molar-refractivity contribution is 6.44. The predicted octanol–water partition coefficient (Wildman–Crippen LogP) is 2.65. The number of anilines is 1. The van der Waals surface area contributed by atoms with Crippen molar-refractivity contribution in [3.8, 4) is 0 Å². The number of hydrogen-bond acceptors (Lipinski definition) is 2. The van der Waals surface area contributed by atoms with Crippen LogP contribution in [0.4, 0.5) is 5.69 Å². The van der Waals surface area contributed by atoms with Crippen LogP contribution in [0.5, 0.6) is 0 Å². The van der Waals surface area contributed by atoms with E-state index in [9.17, 15) is 9.59 Å². The fraction of sp³-hybridized carbons (Fsp3) is 0.286. The van der Waals surface area contributed by atoms with Crippen LogP contribution in [0.2, 0.25) is 10.0 Å². The normalized spacial score (nSPS) is 18.2. The molecule has 4 nitrogen and oxygen atoms in total. The average molecular weight is 313 g/mol. The first-order valence-corrected chi connectivity index (χ1v) is 6.93. The Morgan fingerprint density at radius 3 is 2.95 bits per heavy atom. The SMILES string of the molecule is C=CCNC(=O)C1CC(=O)N(c2cccc(Cl)c2Cl)C1. The summed E-state index contributed by atoms with van der Waals surface area (Å²) in [6, 6.07) is 5.10. The highest BCUT2D eigenvalue weighted by Crippen LogP contribution is 2.35. The van der Waals surface area contributed by atoms with Gasteiger partial charge < -0.3 is 10.2 Å². The van der Waals surface area contributed by atoms with Crippen molar-refractivity contribution in [3.05, 3.63) is 40.9 Å². The maximum Gasteiger partial charge on any atom is 0.227 e. The van der Waals surface area contributed by atoms with E-state index in [1.165, 1.54) is 4.90 Å². The van der Waals surface area contributed by atoms with Gasteiger partial charge in [0, 0.05) is 19.5 Å². The van der Waals surface area contributed by atoms with Gasteiger partial charge in [0.05, 0.1) is 21.7 Å². The molecule has 0 aliphatic carbocycles. The van der Waals surface area contributed by atoms with Crippen LogP contribution in [-0.4, -0.2) is 24.9 Å². The lowest BCUT2D eigenvalue weighted by atomic mass is 10.1. The molecule has 1 atom stereocenters. The van der Waals surface area contributed by atoms with Gasteiger partial charge in [-0.05, 0) is 12.1 Å². The van der Waals surface area contributed by atoms with E-state index in [-0.39, 0.29) is 24.2 Å². The molecule has 1 unspecified atom stereocenters. The van der Waals surface area contributed by atoms with E-state index in [4.69, 9.17) is 23.2 Å². The molecule has 1 N–H and O–H groups in total. The van der Waals surface area contributed by atoms with Crippen LogP contribution in [0.25, 0.3) is 0 Å². The third-order valence-electron chi connectivity index (χ3n) is 3.14. The molecule has 1 fully saturated rings. The first-order valence-electron chi connectivity index (χ1n) is 6.17. The van der Waals surface area contributed by atoms with Crippen molar-refractivity contribution in [2.75, 3.05) is 18.0 Å². The lowest BCUT2D eigenvalue weighted by Crippen LogP contribution is -2.33. The third kappa shape index (κ3) is 2.97. The Balaban J connectivity index is 2.15. The van der Waals surface area contributed by atoms with Crippen LogP contribution in [0.1, 0.15) is 6.42 Å². The van der Waals surface area contributed by atoms with Crippen molar-refractivity contribution in [1.82, 2.24) is 5.32 Å². The summed E-state index contributed by atoms with van der Waals surface area (Å²) < 4.78 is 0. The maximum atomic E-state index is 12.1. The van der Waals surface area contributed by atoms with Crippen LogP contribution in [0.15, 0.2) is 30.9 Å². The molecule has 1 aromatic carbocycles. The second-order valence-electron chi connectivity index (χ2n) is 4.51. The van der Waals surface area contributed by atoms with Crippen molar-refractivity contribution in [2.45, 2.75) is 6.42 Å². The number of nitrogens with one attached hydrogen (secondary N) is 1. The first-order chi connectivity index (χ1) is 9.54. The molecule has 20 heavy (non-hydrogen) atoms. The van der Waals surface area contributed by atoms with Crippen molar-refractivity contribution < 1.29 is 9.59 Å². The Kier molecular flexibility index (Phi) is 4.68. The largest absolute Gasteiger partial charge is 0.352 e. The Morgan fingerprint density at radius 1 is 1.50 bits per heavy atom. The van der Waals surface area contributed by atoms with Crippen molar-refractivity contribution >= 4 is 40.7 Å². The van der Waals surface area contributed by atoms with Gasteiger partial charge in [0.25, 0.3) is 0 Å². The lowest BCUT2D eigenvalue weighted by molar-refractivity contribution is -0.126. The maximum absolute atomic E-state index is 12.1. The molecule has 2 amide bonds. The fourth-order valence-corrected chi connectivity index (χ4v) is 2.53. The van der Waals surface area contributed by atoms with E-state index in [2.05, 4.69) is 11.9 Å². The standard InChI is InChI=1S/C14H14Cl2N2O2/c1-2-6-17-14(20)9-7-12(19)18(8-9)11-5-3-4-10(15)13(11)16/h2-5,9H,1,6-8H2,(H,17,20). The van der Waals surface area contributed by atoms with Gasteiger partial charge in [-0.15, -0.1) is 6.58 Å². The molecule has 1 aliphatic rings. The minimum absolute atomic E-state index is 0.132. The third-order valence-corrected chi connectivity index (χ3v) is 3.95. The number of carbonyl (C=O) groups is 2. The van der Waals surface area contributed by atoms with E-state index < -0.39 is 0 Å². The van der Waals surface area contributed by atoms with Gasteiger partial charge in [0.1, 0.15) is 0 Å². The van der Waals surface area contributed by atoms with E-state index >= 15 is 0 Å². The number of amides is 2. The number of rotatable bonds is 4. The van der Waals surface area contributed by atoms with Gasteiger partial charge in [-0.1, -0.05) is 35.3 Å². The van der Waals surface area contributed by atoms with Gasteiger partial charge in [-0.3, -0.25) is 9.59 Å². The molecule has 1 saturated heterocycles. The van der Waals surface area contributed by atoms with Gasteiger partial charge >= 0.3 is 0 Å². The van der Waals surface area contributed by atoms with E-state index in [0.717, 1.165) is 0 Å². The van der Waals surface area contributed by atoms with E-state index in [0.29, 0.717) is 28.8 Å². The second-order valence-corrected chi connectivity index (χ2v) is 5.30. The molecule has 1 heterocycles. The summed E-state index contributed by atoms with van der Waals surface area (Å²) in [7, 11) is 0. The van der Waals surface area contributed by atoms with Gasteiger partial charge in [0.15, 0.2) is 0 Å². The minimum atomic E-state index is -0.377. The molecule has 0 spiro atoms. The Bertz CT molecular complexity index is 560. The number of carbonyl (C=O) groups excluding carboxylic acids is 2. The quantitative estimate of drug-likeness (QED) is 0.869. The predicted molar refractivity (Wildman–Crippen MR) is 80.1 cm³/mol. The molecular formula is C14H14Cl2N2O2. The molecule has 0 bridgehead atoms. The zero-order valence-electron chi connectivity index (χ0n) is 10.7. The molecule has 0 radical (unpaired) electrons. The van der Waals surface area contributed by atoms with E-state index in [1.54, 1.807) is 24.3 Å². The number of nitrogens with zero attached hydrogens (tertiary/aromatic N) is 1. The Labute approximate surface area is 127 Å². The van der Waals surface area contributed by atoms with Crippen molar-refractivity contribution in [1.29, 1.82) is 0 Å². The Morgan fingerprint density at radius 2 is 2.25 bits per heavy atom. The zero-order chi connectivity index (χ0) is 14.7. The average Bonchev–Trinajstić information content (AvgIpc) is 2.81. The molecule has 2 rings (SSSR count). The fourth-order valence-electron chi connectivity index (χ4n) is 2.13. The summed E-state index contributed by atoms with van der Waals surface area (Å²) >= 11 is 12.1. The van der Waals surface area contributed by atoms with Crippen LogP contribution in [-0.2, 0) is 9.59 Å². The second kappa shape index (κ2) is 6.29. The summed E-state index contributed by atoms with van der Waals surface area (Å²) in [5.41, 5.74) is 0.545. The number of benzene rings is 1. The summed E-state index contributed by atoms with van der Waals surface area (Å²) in [5.74, 6) is -0.663. The lowest BCUT2D eigenvalue weighted by Gasteiger charge is -2.18. The van der Waals surface area contributed by atoms with Crippen molar-refractivity contribution in [2.24, 2.45) is 5.92 Å². The first kappa shape index (κ1) is 14.9. The number of hydrogen-bond donors (Lipinski definition) is 1. The van der Waals surface area contributed by atoms with E-state index in [1.807, 2.05) is 0 Å². The summed E-state index contributed by atoms with van der Waals surface area (Å²) in [5, 5.41) is 3.41. The highest BCUT2D eigenvalue weighted by Gasteiger charge is 2.35. The molecule has 1 aromatic rings. The topological polar surface area (TPSA) is 49.4 Å². The highest BCUT2D eigenvalue weighted by atomic mass is 35.5. The molecule has 6 heteroatoms. The summed E-state index contributed by atoms with van der Waals surface area (Å²) in [6.07, 6.45) is 1.77. The van der Waals surface area contributed by atoms with Gasteiger partial charge in [-0.25, -0.2) is 0 Å². The van der Waals surface area contributed by atoms with Gasteiger partial charge in [0.2, 0.25) is 11.8 Å². The monoisotopic (exact) mass is 312 g/mol. The Hall–Kier alpha value is -1.52. The van der Waals surface area contributed by atoms with Gasteiger partial charge in [-0.2, -0.15) is 0 Å². The number of halogens is 2. The molecule has 106 valence electrons. The van der Waals surface area contributed by atoms with Crippen LogP contribution < -0.4 is 10.2 Å². The molecule has 1 aliphatic heterocycles. The molecule has 0 aromatic heterocycles. The molecular weight excluding hydrogens is 299 g/mol.